The van der Waals surface area contributed by atoms with Gasteiger partial charge in [0.05, 0.1) is 29.0 Å². The van der Waals surface area contributed by atoms with Crippen molar-refractivity contribution in [2.75, 3.05) is 18.4 Å². The van der Waals surface area contributed by atoms with Crippen LogP contribution in [-0.4, -0.2) is 43.8 Å². The van der Waals surface area contributed by atoms with Crippen LogP contribution in [0.25, 0.3) is 27.9 Å². The molecule has 7 nitrogen and oxygen atoms in total. The number of halogens is 2. The van der Waals surface area contributed by atoms with Gasteiger partial charge >= 0.3 is 0 Å². The third-order valence-electron chi connectivity index (χ3n) is 5.64. The molecule has 158 valence electrons. The molecule has 1 N–H and O–H groups in total. The number of rotatable bonds is 3. The second-order valence-electron chi connectivity index (χ2n) is 7.68. The van der Waals surface area contributed by atoms with Gasteiger partial charge in [-0.2, -0.15) is 0 Å². The summed E-state index contributed by atoms with van der Waals surface area (Å²) in [5.74, 6) is 0.535. The van der Waals surface area contributed by atoms with Gasteiger partial charge in [-0.1, -0.05) is 22.9 Å². The van der Waals surface area contributed by atoms with Crippen LogP contribution in [0.5, 0.6) is 0 Å². The van der Waals surface area contributed by atoms with Crippen LogP contribution >= 0.6 is 11.6 Å². The van der Waals surface area contributed by atoms with Crippen molar-refractivity contribution in [1.82, 2.24) is 25.0 Å². The number of aromatic nitrogens is 5. The SMILES string of the molecule is Fc1ccc(Cl)cc1C1=NCC=C1c1ccc2ncc(-c3nnn4c3NCCC4)cc2n1. The number of aliphatic imine (C=N–C) groups is 1. The summed E-state index contributed by atoms with van der Waals surface area (Å²) in [4.78, 5) is 13.9. The second-order valence-corrected chi connectivity index (χ2v) is 8.12. The normalized spacial score (nSPS) is 15.3. The Labute approximate surface area is 187 Å². The van der Waals surface area contributed by atoms with Crippen molar-refractivity contribution >= 4 is 39.7 Å². The summed E-state index contributed by atoms with van der Waals surface area (Å²) in [5.41, 5.74) is 5.49. The summed E-state index contributed by atoms with van der Waals surface area (Å²) >= 11 is 6.10. The Bertz CT molecular complexity index is 1440. The van der Waals surface area contributed by atoms with Crippen molar-refractivity contribution in [2.45, 2.75) is 13.0 Å². The van der Waals surface area contributed by atoms with E-state index in [1.54, 1.807) is 12.3 Å². The van der Waals surface area contributed by atoms with Crippen LogP contribution in [0, 0.1) is 5.82 Å². The highest BCUT2D eigenvalue weighted by Crippen LogP contribution is 2.31. The third-order valence-corrected chi connectivity index (χ3v) is 5.88. The smallest absolute Gasteiger partial charge is 0.153 e. The molecule has 3 aromatic heterocycles. The number of nitrogens with zero attached hydrogens (tertiary/aromatic N) is 6. The number of benzene rings is 1. The Balaban J connectivity index is 1.41. The maximum absolute atomic E-state index is 14.5. The number of hydrogen-bond acceptors (Lipinski definition) is 6. The lowest BCUT2D eigenvalue weighted by atomic mass is 9.99. The quantitative estimate of drug-likeness (QED) is 0.506. The fourth-order valence-corrected chi connectivity index (χ4v) is 4.28. The van der Waals surface area contributed by atoms with Crippen LogP contribution in [0.2, 0.25) is 5.02 Å². The van der Waals surface area contributed by atoms with Gasteiger partial charge in [0.2, 0.25) is 0 Å². The molecule has 0 aliphatic carbocycles. The van der Waals surface area contributed by atoms with Gasteiger partial charge in [0.1, 0.15) is 11.5 Å². The van der Waals surface area contributed by atoms with E-state index in [1.807, 2.05) is 29.0 Å². The van der Waals surface area contributed by atoms with E-state index in [9.17, 15) is 4.39 Å². The van der Waals surface area contributed by atoms with E-state index in [0.717, 1.165) is 53.2 Å². The predicted octanol–water partition coefficient (Wildman–Crippen LogP) is 4.38. The molecule has 0 unspecified atom stereocenters. The minimum absolute atomic E-state index is 0.366. The lowest BCUT2D eigenvalue weighted by molar-refractivity contribution is 0.549. The summed E-state index contributed by atoms with van der Waals surface area (Å²) in [7, 11) is 0. The Kier molecular flexibility index (Phi) is 4.46. The van der Waals surface area contributed by atoms with Crippen molar-refractivity contribution in [3.8, 4) is 11.3 Å². The first-order valence-corrected chi connectivity index (χ1v) is 10.7. The Hall–Kier alpha value is -3.65. The molecule has 0 saturated heterocycles. The lowest BCUT2D eigenvalue weighted by Crippen LogP contribution is -2.17. The van der Waals surface area contributed by atoms with Crippen LogP contribution in [0.4, 0.5) is 10.2 Å². The van der Waals surface area contributed by atoms with E-state index in [1.165, 1.54) is 12.1 Å². The Morgan fingerprint density at radius 1 is 1.09 bits per heavy atom. The predicted molar refractivity (Wildman–Crippen MR) is 122 cm³/mol. The Morgan fingerprint density at radius 2 is 2.03 bits per heavy atom. The molecule has 1 aromatic carbocycles. The van der Waals surface area contributed by atoms with Crippen LogP contribution in [0.3, 0.4) is 0 Å². The largest absolute Gasteiger partial charge is 0.368 e. The molecule has 9 heteroatoms. The number of nitrogens with one attached hydrogen (secondary N) is 1. The second kappa shape index (κ2) is 7.49. The molecule has 0 fully saturated rings. The summed E-state index contributed by atoms with van der Waals surface area (Å²) in [6, 6.07) is 10.2. The van der Waals surface area contributed by atoms with Crippen LogP contribution in [-0.2, 0) is 6.54 Å². The van der Waals surface area contributed by atoms with Gasteiger partial charge in [0.15, 0.2) is 5.82 Å². The van der Waals surface area contributed by atoms with Gasteiger partial charge in [0.25, 0.3) is 0 Å². The number of hydrogen-bond donors (Lipinski definition) is 1. The lowest BCUT2D eigenvalue weighted by Gasteiger charge is -2.15. The molecule has 5 heterocycles. The molecule has 32 heavy (non-hydrogen) atoms. The fraction of sp³-hybridized carbons (Fsp3) is 0.174. The van der Waals surface area contributed by atoms with E-state index in [2.05, 4.69) is 25.6 Å². The number of fused-ring (bicyclic) bond motifs is 2. The summed E-state index contributed by atoms with van der Waals surface area (Å²) in [5, 5.41) is 12.4. The van der Waals surface area contributed by atoms with Crippen LogP contribution in [0.1, 0.15) is 17.7 Å². The average Bonchev–Trinajstić information content (AvgIpc) is 3.47. The van der Waals surface area contributed by atoms with Crippen LogP contribution in [0.15, 0.2) is 53.7 Å². The molecule has 2 aliphatic heterocycles. The zero-order chi connectivity index (χ0) is 21.7. The van der Waals surface area contributed by atoms with Crippen molar-refractivity contribution < 1.29 is 4.39 Å². The summed E-state index contributed by atoms with van der Waals surface area (Å²) in [6.07, 6.45) is 4.75. The van der Waals surface area contributed by atoms with Crippen molar-refractivity contribution in [2.24, 2.45) is 4.99 Å². The molecule has 0 spiro atoms. The summed E-state index contributed by atoms with van der Waals surface area (Å²) < 4.78 is 16.4. The molecular formula is C23H17ClFN7. The minimum Gasteiger partial charge on any atom is -0.368 e. The molecule has 0 atom stereocenters. The van der Waals surface area contributed by atoms with Gasteiger partial charge < -0.3 is 5.32 Å². The molecule has 4 aromatic rings. The summed E-state index contributed by atoms with van der Waals surface area (Å²) in [6.45, 7) is 2.20. The van der Waals surface area contributed by atoms with E-state index in [4.69, 9.17) is 16.6 Å². The highest BCUT2D eigenvalue weighted by Gasteiger charge is 2.22. The van der Waals surface area contributed by atoms with Crippen molar-refractivity contribution in [3.05, 3.63) is 70.8 Å². The fourth-order valence-electron chi connectivity index (χ4n) is 4.11. The maximum atomic E-state index is 14.5. The number of anilines is 1. The first-order chi connectivity index (χ1) is 15.7. The van der Waals surface area contributed by atoms with Gasteiger partial charge in [0, 0.05) is 41.0 Å². The van der Waals surface area contributed by atoms with E-state index >= 15 is 0 Å². The molecular weight excluding hydrogens is 429 g/mol. The maximum Gasteiger partial charge on any atom is 0.153 e. The van der Waals surface area contributed by atoms with Crippen molar-refractivity contribution in [1.29, 1.82) is 0 Å². The molecule has 0 amide bonds. The highest BCUT2D eigenvalue weighted by molar-refractivity contribution is 6.35. The van der Waals surface area contributed by atoms with Crippen molar-refractivity contribution in [3.63, 3.8) is 0 Å². The average molecular weight is 446 g/mol. The van der Waals surface area contributed by atoms with E-state index < -0.39 is 0 Å². The molecule has 0 bridgehead atoms. The van der Waals surface area contributed by atoms with Crippen LogP contribution < -0.4 is 5.32 Å². The molecule has 0 saturated carbocycles. The first kappa shape index (κ1) is 19.1. The highest BCUT2D eigenvalue weighted by atomic mass is 35.5. The topological polar surface area (TPSA) is 80.9 Å². The molecule has 0 radical (unpaired) electrons. The van der Waals surface area contributed by atoms with Gasteiger partial charge in [-0.15, -0.1) is 5.10 Å². The zero-order valence-corrected chi connectivity index (χ0v) is 17.6. The van der Waals surface area contributed by atoms with Gasteiger partial charge in [-0.25, -0.2) is 14.1 Å². The monoisotopic (exact) mass is 445 g/mol. The van der Waals surface area contributed by atoms with E-state index in [0.29, 0.717) is 28.5 Å². The number of allylic oxidation sites excluding steroid dienone is 1. The Morgan fingerprint density at radius 3 is 2.97 bits per heavy atom. The number of pyridine rings is 2. The standard InChI is InChI=1S/C23H17ClFN7/c24-14-2-3-17(25)16(11-14)22-15(6-8-26-22)18-4-5-19-20(29-18)10-13(12-28-19)21-23-27-7-1-9-32(23)31-30-21/h2-6,10-12,27H,1,7-9H2. The van der Waals surface area contributed by atoms with Gasteiger partial charge in [-0.05, 0) is 42.8 Å². The first-order valence-electron chi connectivity index (χ1n) is 10.3. The number of aryl methyl sites for hydroxylation is 1. The van der Waals surface area contributed by atoms with Gasteiger partial charge in [-0.3, -0.25) is 9.98 Å². The minimum atomic E-state index is -0.366. The molecule has 2 aliphatic rings. The molecule has 6 rings (SSSR count). The zero-order valence-electron chi connectivity index (χ0n) is 16.9. The third kappa shape index (κ3) is 3.15. The van der Waals surface area contributed by atoms with E-state index in [-0.39, 0.29) is 5.82 Å².